The predicted molar refractivity (Wildman–Crippen MR) is 120 cm³/mol. The van der Waals surface area contributed by atoms with Gasteiger partial charge in [0, 0.05) is 33.5 Å². The number of aromatic amines is 1. The van der Waals surface area contributed by atoms with Crippen LogP contribution < -0.4 is 20.7 Å². The highest BCUT2D eigenvalue weighted by molar-refractivity contribution is 7.22. The maximum atomic E-state index is 13.4. The number of hydrogen-bond acceptors (Lipinski definition) is 6. The van der Waals surface area contributed by atoms with E-state index in [0.717, 1.165) is 21.3 Å². The van der Waals surface area contributed by atoms with Gasteiger partial charge in [-0.05, 0) is 12.1 Å². The van der Waals surface area contributed by atoms with E-state index in [1.807, 2.05) is 12.1 Å². The summed E-state index contributed by atoms with van der Waals surface area (Å²) >= 11 is 7.36. The molecule has 1 N–H and O–H groups in total. The SMILES string of the molecule is O=c1[nH]c2cc(-c3cc4c(cc3Cl)OC(F)(F)O4)sc2c(=O)n1-c1cncc2ccccc12. The predicted octanol–water partition coefficient (Wildman–Crippen LogP) is 4.93. The number of hydrogen-bond donors (Lipinski definition) is 1. The van der Waals surface area contributed by atoms with Gasteiger partial charge < -0.3 is 14.5 Å². The number of nitrogens with one attached hydrogen (secondary N) is 1. The molecule has 0 saturated heterocycles. The van der Waals surface area contributed by atoms with Crippen LogP contribution in [0.5, 0.6) is 11.5 Å². The van der Waals surface area contributed by atoms with E-state index in [9.17, 15) is 18.4 Å². The molecule has 4 heterocycles. The second-order valence-corrected chi connectivity index (χ2v) is 8.71. The number of rotatable bonds is 2. The van der Waals surface area contributed by atoms with Crippen molar-refractivity contribution in [3.63, 3.8) is 0 Å². The minimum absolute atomic E-state index is 0.127. The van der Waals surface area contributed by atoms with Gasteiger partial charge in [0.25, 0.3) is 5.56 Å². The van der Waals surface area contributed by atoms with Crippen molar-refractivity contribution in [3.8, 4) is 27.6 Å². The molecule has 0 amide bonds. The molecule has 0 atom stereocenters. The summed E-state index contributed by atoms with van der Waals surface area (Å²) in [5.41, 5.74) is -0.164. The smallest absolute Gasteiger partial charge is 0.395 e. The monoisotopic (exact) mass is 485 g/mol. The largest absolute Gasteiger partial charge is 0.586 e. The Morgan fingerprint density at radius 2 is 1.82 bits per heavy atom. The average molecular weight is 486 g/mol. The van der Waals surface area contributed by atoms with Gasteiger partial charge in [-0.3, -0.25) is 9.78 Å². The highest BCUT2D eigenvalue weighted by atomic mass is 35.5. The first-order valence-corrected chi connectivity index (χ1v) is 10.7. The molecule has 6 rings (SSSR count). The molecular weight excluding hydrogens is 476 g/mol. The summed E-state index contributed by atoms with van der Waals surface area (Å²) in [5.74, 6) is -0.362. The lowest BCUT2D eigenvalue weighted by atomic mass is 10.1. The molecule has 11 heteroatoms. The van der Waals surface area contributed by atoms with E-state index in [1.54, 1.807) is 24.4 Å². The van der Waals surface area contributed by atoms with E-state index >= 15 is 0 Å². The maximum absolute atomic E-state index is 13.4. The third-order valence-electron chi connectivity index (χ3n) is 5.22. The number of thiophene rings is 1. The second-order valence-electron chi connectivity index (χ2n) is 7.25. The van der Waals surface area contributed by atoms with Crippen molar-refractivity contribution >= 4 is 43.9 Å². The number of fused-ring (bicyclic) bond motifs is 3. The molecule has 0 unspecified atom stereocenters. The Balaban J connectivity index is 1.55. The first kappa shape index (κ1) is 19.9. The summed E-state index contributed by atoms with van der Waals surface area (Å²) in [6, 6.07) is 11.4. The van der Waals surface area contributed by atoms with E-state index < -0.39 is 17.5 Å². The van der Waals surface area contributed by atoms with Crippen molar-refractivity contribution in [2.45, 2.75) is 6.29 Å². The van der Waals surface area contributed by atoms with Gasteiger partial charge in [0.05, 0.1) is 22.4 Å². The maximum Gasteiger partial charge on any atom is 0.586 e. The van der Waals surface area contributed by atoms with Gasteiger partial charge in [0.1, 0.15) is 4.70 Å². The Bertz CT molecular complexity index is 1720. The molecule has 0 aliphatic carbocycles. The zero-order valence-electron chi connectivity index (χ0n) is 16.3. The summed E-state index contributed by atoms with van der Waals surface area (Å²) in [5, 5.41) is 1.59. The molecule has 1 aliphatic heterocycles. The Kier molecular flexibility index (Phi) is 4.14. The van der Waals surface area contributed by atoms with E-state index in [1.165, 1.54) is 18.3 Å². The standard InChI is InChI=1S/C22H10ClF2N3O4S/c23-13-6-17-16(31-22(24,25)32-17)5-12(13)18-7-14-19(33-18)20(29)28(21(30)27-14)15-9-26-8-10-3-1-2-4-11(10)15/h1-9H,(H,27,30). The van der Waals surface area contributed by atoms with E-state index in [-0.39, 0.29) is 21.2 Å². The van der Waals surface area contributed by atoms with Gasteiger partial charge in [-0.25, -0.2) is 9.36 Å². The first-order chi connectivity index (χ1) is 15.8. The fourth-order valence-electron chi connectivity index (χ4n) is 3.80. The van der Waals surface area contributed by atoms with Gasteiger partial charge >= 0.3 is 12.0 Å². The zero-order chi connectivity index (χ0) is 22.9. The number of H-pyrrole nitrogens is 1. The van der Waals surface area contributed by atoms with Crippen LogP contribution in [0.3, 0.4) is 0 Å². The Labute approximate surface area is 191 Å². The lowest BCUT2D eigenvalue weighted by Gasteiger charge is -2.07. The number of pyridine rings is 1. The highest BCUT2D eigenvalue weighted by Gasteiger charge is 2.44. The molecule has 1 aliphatic rings. The summed E-state index contributed by atoms with van der Waals surface area (Å²) < 4.78 is 37.0. The van der Waals surface area contributed by atoms with Crippen LogP contribution in [0, 0.1) is 0 Å². The molecule has 0 fully saturated rings. The number of halogens is 3. The molecular formula is C22H10ClF2N3O4S. The van der Waals surface area contributed by atoms with E-state index in [2.05, 4.69) is 19.4 Å². The molecule has 0 saturated carbocycles. The lowest BCUT2D eigenvalue weighted by Crippen LogP contribution is -2.33. The van der Waals surface area contributed by atoms with Crippen LogP contribution in [0.2, 0.25) is 5.02 Å². The summed E-state index contributed by atoms with van der Waals surface area (Å²) in [7, 11) is 0. The molecule has 0 radical (unpaired) electrons. The number of aromatic nitrogens is 3. The van der Waals surface area contributed by atoms with Gasteiger partial charge in [0.15, 0.2) is 11.5 Å². The number of ether oxygens (including phenoxy) is 2. The number of benzene rings is 2. The molecule has 5 aromatic rings. The van der Waals surface area contributed by atoms with Crippen molar-refractivity contribution in [3.05, 3.63) is 80.7 Å². The summed E-state index contributed by atoms with van der Waals surface area (Å²) in [6.07, 6.45) is -0.685. The van der Waals surface area contributed by atoms with Gasteiger partial charge in [-0.2, -0.15) is 0 Å². The van der Waals surface area contributed by atoms with Crippen LogP contribution in [0.4, 0.5) is 8.78 Å². The Morgan fingerprint density at radius 1 is 1.06 bits per heavy atom. The fourth-order valence-corrected chi connectivity index (χ4v) is 5.18. The Hall–Kier alpha value is -3.76. The zero-order valence-corrected chi connectivity index (χ0v) is 17.8. The highest BCUT2D eigenvalue weighted by Crippen LogP contribution is 2.47. The molecule has 2 aromatic carbocycles. The normalized spacial score (nSPS) is 14.3. The minimum Gasteiger partial charge on any atom is -0.395 e. The van der Waals surface area contributed by atoms with Crippen molar-refractivity contribution in [1.82, 2.24) is 14.5 Å². The number of alkyl halides is 2. The second kappa shape index (κ2) is 6.87. The summed E-state index contributed by atoms with van der Waals surface area (Å²) in [6.45, 7) is 0. The Morgan fingerprint density at radius 3 is 2.64 bits per heavy atom. The molecule has 164 valence electrons. The van der Waals surface area contributed by atoms with Crippen molar-refractivity contribution in [1.29, 1.82) is 0 Å². The lowest BCUT2D eigenvalue weighted by molar-refractivity contribution is -0.286. The summed E-state index contributed by atoms with van der Waals surface area (Å²) in [4.78, 5) is 33.6. The van der Waals surface area contributed by atoms with Crippen LogP contribution >= 0.6 is 22.9 Å². The van der Waals surface area contributed by atoms with Gasteiger partial charge in [0.2, 0.25) is 0 Å². The van der Waals surface area contributed by atoms with Crippen molar-refractivity contribution in [2.24, 2.45) is 0 Å². The average Bonchev–Trinajstić information content (AvgIpc) is 3.32. The number of nitrogens with zero attached hydrogens (tertiary/aromatic N) is 2. The first-order valence-electron chi connectivity index (χ1n) is 9.52. The van der Waals surface area contributed by atoms with E-state index in [4.69, 9.17) is 11.6 Å². The minimum atomic E-state index is -3.78. The quantitative estimate of drug-likeness (QED) is 0.383. The third kappa shape index (κ3) is 3.10. The van der Waals surface area contributed by atoms with Gasteiger partial charge in [-0.15, -0.1) is 20.1 Å². The molecule has 0 spiro atoms. The van der Waals surface area contributed by atoms with Crippen molar-refractivity contribution in [2.75, 3.05) is 0 Å². The molecule has 33 heavy (non-hydrogen) atoms. The molecule has 7 nitrogen and oxygen atoms in total. The molecule has 3 aromatic heterocycles. The third-order valence-corrected chi connectivity index (χ3v) is 6.69. The van der Waals surface area contributed by atoms with Crippen LogP contribution in [0.1, 0.15) is 0 Å². The van der Waals surface area contributed by atoms with Crippen LogP contribution in [-0.4, -0.2) is 20.8 Å². The van der Waals surface area contributed by atoms with Gasteiger partial charge in [-0.1, -0.05) is 35.9 Å². The van der Waals surface area contributed by atoms with Crippen LogP contribution in [0.25, 0.3) is 37.1 Å². The van der Waals surface area contributed by atoms with Crippen molar-refractivity contribution < 1.29 is 18.3 Å². The van der Waals surface area contributed by atoms with Crippen LogP contribution in [0.15, 0.2) is 64.4 Å². The topological polar surface area (TPSA) is 86.2 Å². The van der Waals surface area contributed by atoms with Crippen LogP contribution in [-0.2, 0) is 0 Å². The molecule has 0 bridgehead atoms. The van der Waals surface area contributed by atoms with E-state index in [0.29, 0.717) is 27.0 Å². The fraction of sp³-hybridized carbons (Fsp3) is 0.0455.